The van der Waals surface area contributed by atoms with E-state index in [1.165, 1.54) is 13.2 Å². The number of aryl methyl sites for hydroxylation is 1. The number of nitrogens with one attached hydrogen (secondary N) is 2. The van der Waals surface area contributed by atoms with Crippen LogP contribution in [0.3, 0.4) is 0 Å². The Balaban J connectivity index is 1.32. The molecule has 2 aliphatic heterocycles. The molecule has 4 N–H and O–H groups in total. The number of fused-ring (bicyclic) bond motifs is 5. The maximum atomic E-state index is 15.3. The van der Waals surface area contributed by atoms with Crippen molar-refractivity contribution in [2.45, 2.75) is 76.8 Å². The monoisotopic (exact) mass is 682 g/mol. The Hall–Kier alpha value is -5.50. The van der Waals surface area contributed by atoms with Crippen LogP contribution in [-0.4, -0.2) is 51.4 Å². The van der Waals surface area contributed by atoms with E-state index < -0.39 is 53.6 Å². The van der Waals surface area contributed by atoms with Crippen LogP contribution in [0.4, 0.5) is 4.39 Å². The lowest BCUT2D eigenvalue weighted by molar-refractivity contribution is -0.176. The van der Waals surface area contributed by atoms with Gasteiger partial charge in [0.2, 0.25) is 17.7 Å². The molecule has 3 amide bonds. The quantitative estimate of drug-likeness (QED) is 0.196. The Morgan fingerprint density at radius 2 is 1.94 bits per heavy atom. The second-order valence-corrected chi connectivity index (χ2v) is 12.9. The first kappa shape index (κ1) is 33.0. The molecule has 5 heterocycles. The molecule has 0 radical (unpaired) electrons. The molecule has 1 aliphatic carbocycles. The van der Waals surface area contributed by atoms with Crippen LogP contribution >= 0.6 is 0 Å². The van der Waals surface area contributed by atoms with Crippen molar-refractivity contribution in [3.8, 4) is 11.4 Å². The van der Waals surface area contributed by atoms with Crippen molar-refractivity contribution in [2.75, 3.05) is 7.11 Å². The number of esters is 1. The SMILES string of the molecule is CCC1(OC)C(=O)OCc2c1cc1n(c2=O)Cc2c-1nc1cc(F)c(C)c3c1c2C(NC(=O)C(CC(N)=O)NC(=O)Cc1ccncc1)CC3. The molecule has 3 aliphatic rings. The highest BCUT2D eigenvalue weighted by atomic mass is 19.1. The number of hydrogen-bond donors (Lipinski definition) is 3. The lowest BCUT2D eigenvalue weighted by atomic mass is 9.81. The first-order valence-electron chi connectivity index (χ1n) is 16.4. The van der Waals surface area contributed by atoms with Crippen LogP contribution in [0, 0.1) is 12.7 Å². The molecule has 7 rings (SSSR count). The largest absolute Gasteiger partial charge is 0.458 e. The highest BCUT2D eigenvalue weighted by Gasteiger charge is 2.48. The van der Waals surface area contributed by atoms with Crippen molar-refractivity contribution in [1.29, 1.82) is 0 Å². The van der Waals surface area contributed by atoms with E-state index in [2.05, 4.69) is 15.6 Å². The predicted molar refractivity (Wildman–Crippen MR) is 177 cm³/mol. The first-order valence-corrected chi connectivity index (χ1v) is 16.4. The zero-order valence-electron chi connectivity index (χ0n) is 27.7. The number of carbonyl (C=O) groups excluding carboxylic acids is 4. The Morgan fingerprint density at radius 3 is 2.64 bits per heavy atom. The van der Waals surface area contributed by atoms with Gasteiger partial charge in [0.15, 0.2) is 5.60 Å². The molecule has 0 saturated heterocycles. The second kappa shape index (κ2) is 12.4. The summed E-state index contributed by atoms with van der Waals surface area (Å²) in [7, 11) is 1.39. The van der Waals surface area contributed by atoms with Gasteiger partial charge in [-0.3, -0.25) is 24.2 Å². The molecule has 3 unspecified atom stereocenters. The number of hydrogen-bond acceptors (Lipinski definition) is 9. The number of cyclic esters (lactones) is 1. The Bertz CT molecular complexity index is 2180. The summed E-state index contributed by atoms with van der Waals surface area (Å²) in [5, 5.41) is 6.35. The summed E-state index contributed by atoms with van der Waals surface area (Å²) in [4.78, 5) is 74.7. The molecule has 13 nitrogen and oxygen atoms in total. The van der Waals surface area contributed by atoms with Gasteiger partial charge in [0, 0.05) is 42.1 Å². The van der Waals surface area contributed by atoms with Crippen LogP contribution in [0.25, 0.3) is 22.3 Å². The van der Waals surface area contributed by atoms with E-state index in [1.807, 2.05) is 0 Å². The highest BCUT2D eigenvalue weighted by molar-refractivity contribution is 5.96. The van der Waals surface area contributed by atoms with Gasteiger partial charge in [0.1, 0.15) is 18.5 Å². The van der Waals surface area contributed by atoms with E-state index in [0.717, 1.165) is 5.56 Å². The minimum atomic E-state index is -1.49. The first-order chi connectivity index (χ1) is 24.0. The summed E-state index contributed by atoms with van der Waals surface area (Å²) in [6.07, 6.45) is 3.63. The van der Waals surface area contributed by atoms with E-state index >= 15 is 4.39 Å². The highest BCUT2D eigenvalue weighted by Crippen LogP contribution is 2.46. The average molecular weight is 683 g/mol. The topological polar surface area (TPSA) is 185 Å². The number of primary amides is 1. The van der Waals surface area contributed by atoms with Crippen LogP contribution in [-0.2, 0) is 60.2 Å². The predicted octanol–water partition coefficient (Wildman–Crippen LogP) is 2.28. The fourth-order valence-electron chi connectivity index (χ4n) is 7.64. The number of benzene rings is 1. The minimum absolute atomic E-state index is 0.0405. The Labute approximate surface area is 285 Å². The molecule has 258 valence electrons. The van der Waals surface area contributed by atoms with Crippen molar-refractivity contribution < 1.29 is 33.0 Å². The van der Waals surface area contributed by atoms with Gasteiger partial charge in [-0.25, -0.2) is 14.2 Å². The number of aromatic nitrogens is 3. The lowest BCUT2D eigenvalue weighted by Gasteiger charge is -2.35. The molecule has 0 bridgehead atoms. The van der Waals surface area contributed by atoms with Gasteiger partial charge < -0.3 is 30.4 Å². The van der Waals surface area contributed by atoms with E-state index in [4.69, 9.17) is 20.2 Å². The molecular weight excluding hydrogens is 647 g/mol. The fourth-order valence-corrected chi connectivity index (χ4v) is 7.64. The number of ether oxygens (including phenoxy) is 2. The number of nitrogens with two attached hydrogens (primary N) is 1. The summed E-state index contributed by atoms with van der Waals surface area (Å²) in [5.74, 6) is -2.90. The number of amides is 3. The average Bonchev–Trinajstić information content (AvgIpc) is 3.46. The van der Waals surface area contributed by atoms with Crippen molar-refractivity contribution >= 4 is 34.6 Å². The van der Waals surface area contributed by atoms with E-state index in [9.17, 15) is 24.0 Å². The standard InChI is InChI=1S/C36H35FN6O7/c1-4-36(49-3)22-12-27-32-20(15-43(27)34(47)21(22)16-50-35(36)48)31-24(6-5-19-17(2)23(37)13-25(41-32)30(19)31)42-33(46)26(14-28(38)44)40-29(45)11-18-7-9-39-10-8-18/h7-10,12-13,24,26H,4-6,11,14-16H2,1-3H3,(H2,38,44)(H,40,45)(H,42,46). The normalized spacial score (nSPS) is 19.2. The van der Waals surface area contributed by atoms with Crippen molar-refractivity contribution in [1.82, 2.24) is 25.2 Å². The third-order valence-electron chi connectivity index (χ3n) is 10.2. The summed E-state index contributed by atoms with van der Waals surface area (Å²) in [5.41, 5.74) is 8.75. The summed E-state index contributed by atoms with van der Waals surface area (Å²) in [6, 6.07) is 4.51. The molecule has 1 aromatic carbocycles. The van der Waals surface area contributed by atoms with Crippen molar-refractivity contribution in [3.05, 3.63) is 91.8 Å². The summed E-state index contributed by atoms with van der Waals surface area (Å²) in [6.45, 7) is 3.35. The molecular formula is C36H35FN6O7. The third kappa shape index (κ3) is 5.21. The minimum Gasteiger partial charge on any atom is -0.458 e. The van der Waals surface area contributed by atoms with E-state index in [0.29, 0.717) is 68.5 Å². The van der Waals surface area contributed by atoms with E-state index in [-0.39, 0.29) is 31.6 Å². The van der Waals surface area contributed by atoms with Gasteiger partial charge in [-0.2, -0.15) is 0 Å². The van der Waals surface area contributed by atoms with Crippen LogP contribution in [0.5, 0.6) is 0 Å². The van der Waals surface area contributed by atoms with Crippen LogP contribution in [0.1, 0.15) is 71.2 Å². The molecule has 4 aromatic rings. The zero-order valence-corrected chi connectivity index (χ0v) is 27.7. The van der Waals surface area contributed by atoms with Gasteiger partial charge in [0.05, 0.1) is 47.9 Å². The number of carbonyl (C=O) groups is 4. The third-order valence-corrected chi connectivity index (χ3v) is 10.2. The van der Waals surface area contributed by atoms with Crippen LogP contribution < -0.4 is 21.9 Å². The summed E-state index contributed by atoms with van der Waals surface area (Å²) < 4.78 is 28.0. The maximum absolute atomic E-state index is 15.3. The van der Waals surface area contributed by atoms with E-state index in [1.54, 1.807) is 49.0 Å². The lowest BCUT2D eigenvalue weighted by Crippen LogP contribution is -2.50. The zero-order chi connectivity index (χ0) is 35.5. The smallest absolute Gasteiger partial charge is 0.343 e. The van der Waals surface area contributed by atoms with Gasteiger partial charge in [-0.15, -0.1) is 0 Å². The number of halogens is 1. The fraction of sp³-hybridized carbons (Fsp3) is 0.361. The van der Waals surface area contributed by atoms with Crippen molar-refractivity contribution in [3.63, 3.8) is 0 Å². The van der Waals surface area contributed by atoms with Crippen LogP contribution in [0.15, 0.2) is 41.5 Å². The number of rotatable bonds is 9. The Kier molecular flexibility index (Phi) is 8.21. The van der Waals surface area contributed by atoms with Gasteiger partial charge in [-0.05, 0) is 66.6 Å². The van der Waals surface area contributed by atoms with Crippen LogP contribution in [0.2, 0.25) is 0 Å². The van der Waals surface area contributed by atoms with Gasteiger partial charge in [0.25, 0.3) is 5.56 Å². The molecule has 0 saturated carbocycles. The van der Waals surface area contributed by atoms with Crippen molar-refractivity contribution in [2.24, 2.45) is 5.73 Å². The second-order valence-electron chi connectivity index (χ2n) is 12.9. The molecule has 50 heavy (non-hydrogen) atoms. The molecule has 0 spiro atoms. The van der Waals surface area contributed by atoms with Gasteiger partial charge in [-0.1, -0.05) is 6.92 Å². The number of pyridine rings is 3. The molecule has 14 heteroatoms. The number of nitrogens with zero attached hydrogens (tertiary/aromatic N) is 3. The number of methoxy groups -OCH3 is 1. The maximum Gasteiger partial charge on any atom is 0.343 e. The Morgan fingerprint density at radius 1 is 1.18 bits per heavy atom. The summed E-state index contributed by atoms with van der Waals surface area (Å²) >= 11 is 0. The molecule has 3 atom stereocenters. The van der Waals surface area contributed by atoms with Gasteiger partial charge >= 0.3 is 5.97 Å². The molecule has 0 fully saturated rings. The molecule has 3 aromatic heterocycles.